The van der Waals surface area contributed by atoms with E-state index in [0.29, 0.717) is 0 Å². The van der Waals surface area contributed by atoms with Crippen molar-refractivity contribution in [2.24, 2.45) is 0 Å². The first-order chi connectivity index (χ1) is 14.1. The molecule has 30 heavy (non-hydrogen) atoms. The molecule has 0 atom stereocenters. The molecule has 6 heteroatoms. The first kappa shape index (κ1) is 32.8. The summed E-state index contributed by atoms with van der Waals surface area (Å²) in [5, 5.41) is 0. The zero-order chi connectivity index (χ0) is 21.5. The maximum absolute atomic E-state index is 11.7. The summed E-state index contributed by atoms with van der Waals surface area (Å²) in [5.74, 6) is 0. The Kier molecular flexibility index (Phi) is 28.3. The van der Waals surface area contributed by atoms with E-state index in [2.05, 4.69) is 13.8 Å². The molecule has 0 amide bonds. The Hall–Kier alpha value is 0.604. The molecule has 0 aromatic rings. The van der Waals surface area contributed by atoms with Gasteiger partial charge in [-0.1, -0.05) is 129 Å². The molecule has 0 rings (SSSR count). The van der Waals surface area contributed by atoms with Gasteiger partial charge in [0.15, 0.2) is 0 Å². The number of phosphoric ester groups is 1. The smallest absolute Gasteiger partial charge is 0.756 e. The van der Waals surface area contributed by atoms with Crippen LogP contribution in [0.5, 0.6) is 0 Å². The average molecular weight is 492 g/mol. The van der Waals surface area contributed by atoms with Gasteiger partial charge in [-0.3, -0.25) is 4.57 Å². The van der Waals surface area contributed by atoms with Gasteiger partial charge in [0, 0.05) is 0 Å². The minimum absolute atomic E-state index is 0. The predicted molar refractivity (Wildman–Crippen MR) is 123 cm³/mol. The van der Waals surface area contributed by atoms with Crippen LogP contribution in [0.25, 0.3) is 0 Å². The van der Waals surface area contributed by atoms with Gasteiger partial charge in [0.1, 0.15) is 0 Å². The second kappa shape index (κ2) is 25.9. The van der Waals surface area contributed by atoms with Gasteiger partial charge < -0.3 is 13.9 Å². The molecule has 4 nitrogen and oxygen atoms in total. The fourth-order valence-electron chi connectivity index (χ4n) is 3.57. The predicted octanol–water partition coefficient (Wildman–Crippen LogP) is 8.33. The summed E-state index contributed by atoms with van der Waals surface area (Å²) >= 11 is 0. The molecule has 0 fully saturated rings. The molecule has 0 spiro atoms. The molecule has 0 N–H and O–H groups in total. The second-order valence-electron chi connectivity index (χ2n) is 8.48. The zero-order valence-corrected chi connectivity index (χ0v) is 21.8. The molecular weight excluding hydrogens is 442 g/mol. The maximum Gasteiger partial charge on any atom is 2.00 e. The van der Waals surface area contributed by atoms with Crippen molar-refractivity contribution in [2.75, 3.05) is 13.2 Å². The van der Waals surface area contributed by atoms with Crippen molar-refractivity contribution in [3.05, 3.63) is 0 Å². The summed E-state index contributed by atoms with van der Waals surface area (Å²) in [4.78, 5) is 11.7. The van der Waals surface area contributed by atoms with Gasteiger partial charge in [0.05, 0.1) is 13.2 Å². The molecule has 0 radical (unpaired) electrons. The standard InChI is InChI=1S/C24H51O4P.Ni/c1-3-5-7-9-11-13-15-17-19-21-23-27-29(25,26)28-24-22-20-18-16-14-12-10-8-6-4-2;/h3-24H2,1-2H3,(H,25,26);/q;+2/p-1. The molecule has 0 unspecified atom stereocenters. The van der Waals surface area contributed by atoms with Gasteiger partial charge in [0.2, 0.25) is 0 Å². The summed E-state index contributed by atoms with van der Waals surface area (Å²) in [6.45, 7) is 5.00. The summed E-state index contributed by atoms with van der Waals surface area (Å²) in [6, 6.07) is 0. The fourth-order valence-corrected chi connectivity index (χ4v) is 4.35. The van der Waals surface area contributed by atoms with Crippen LogP contribution in [-0.2, 0) is 30.1 Å². The van der Waals surface area contributed by atoms with E-state index in [1.807, 2.05) is 0 Å². The van der Waals surface area contributed by atoms with Crippen LogP contribution in [0.4, 0.5) is 0 Å². The largest absolute Gasteiger partial charge is 2.00 e. The topological polar surface area (TPSA) is 58.6 Å². The average Bonchev–Trinajstić information content (AvgIpc) is 2.70. The molecule has 184 valence electrons. The van der Waals surface area contributed by atoms with Crippen molar-refractivity contribution in [2.45, 2.75) is 142 Å². The Morgan fingerprint density at radius 3 is 1.00 bits per heavy atom. The third kappa shape index (κ3) is 26.6. The molecule has 0 saturated carbocycles. The van der Waals surface area contributed by atoms with E-state index < -0.39 is 7.82 Å². The van der Waals surface area contributed by atoms with Crippen molar-refractivity contribution in [1.82, 2.24) is 0 Å². The van der Waals surface area contributed by atoms with Crippen molar-refractivity contribution < 1.29 is 35.0 Å². The van der Waals surface area contributed by atoms with Crippen LogP contribution < -0.4 is 4.89 Å². The molecular formula is C24H50NiO4P+. The molecule has 0 aliphatic heterocycles. The van der Waals surface area contributed by atoms with Crippen LogP contribution in [0, 0.1) is 0 Å². The number of unbranched alkanes of at least 4 members (excludes halogenated alkanes) is 18. The van der Waals surface area contributed by atoms with Crippen LogP contribution in [0.1, 0.15) is 142 Å². The van der Waals surface area contributed by atoms with Gasteiger partial charge in [-0.2, -0.15) is 0 Å². The Bertz CT molecular complexity index is 339. The molecule has 0 saturated heterocycles. The van der Waals surface area contributed by atoms with Crippen molar-refractivity contribution in [3.63, 3.8) is 0 Å². The van der Waals surface area contributed by atoms with Gasteiger partial charge in [-0.25, -0.2) is 0 Å². The Morgan fingerprint density at radius 2 is 0.733 bits per heavy atom. The normalized spacial score (nSPS) is 11.6. The minimum Gasteiger partial charge on any atom is -0.756 e. The summed E-state index contributed by atoms with van der Waals surface area (Å²) in [5.41, 5.74) is 0. The molecule has 0 aromatic carbocycles. The molecule has 0 aromatic heterocycles. The third-order valence-electron chi connectivity index (χ3n) is 5.49. The quantitative estimate of drug-likeness (QED) is 0.0772. The van der Waals surface area contributed by atoms with E-state index in [0.717, 1.165) is 25.7 Å². The molecule has 0 aliphatic carbocycles. The maximum atomic E-state index is 11.7. The Balaban J connectivity index is 0. The number of phosphoric acid groups is 1. The first-order valence-corrected chi connectivity index (χ1v) is 14.2. The minimum atomic E-state index is -4.10. The summed E-state index contributed by atoms with van der Waals surface area (Å²) < 4.78 is 21.7. The van der Waals surface area contributed by atoms with Gasteiger partial charge in [-0.15, -0.1) is 0 Å². The van der Waals surface area contributed by atoms with Crippen LogP contribution in [0.3, 0.4) is 0 Å². The molecule has 0 heterocycles. The zero-order valence-electron chi connectivity index (χ0n) is 20.0. The van der Waals surface area contributed by atoms with Crippen molar-refractivity contribution in [1.29, 1.82) is 0 Å². The van der Waals surface area contributed by atoms with Gasteiger partial charge >= 0.3 is 16.5 Å². The van der Waals surface area contributed by atoms with Crippen LogP contribution in [-0.4, -0.2) is 13.2 Å². The SMILES string of the molecule is CCCCCCCCCCCCOP(=O)([O-])OCCCCCCCCCCCC.[Ni+2]. The van der Waals surface area contributed by atoms with Gasteiger partial charge in [0.25, 0.3) is 7.82 Å². The fraction of sp³-hybridized carbons (Fsp3) is 1.00. The van der Waals surface area contributed by atoms with E-state index >= 15 is 0 Å². The van der Waals surface area contributed by atoms with Crippen LogP contribution >= 0.6 is 7.82 Å². The third-order valence-corrected chi connectivity index (χ3v) is 6.49. The monoisotopic (exact) mass is 491 g/mol. The first-order valence-electron chi connectivity index (χ1n) is 12.7. The van der Waals surface area contributed by atoms with Crippen molar-refractivity contribution in [3.8, 4) is 0 Å². The van der Waals surface area contributed by atoms with E-state index in [1.54, 1.807) is 0 Å². The van der Waals surface area contributed by atoms with Crippen LogP contribution in [0.15, 0.2) is 0 Å². The number of rotatable bonds is 24. The Morgan fingerprint density at radius 1 is 0.500 bits per heavy atom. The number of hydrogen-bond acceptors (Lipinski definition) is 4. The van der Waals surface area contributed by atoms with Gasteiger partial charge in [-0.05, 0) is 12.8 Å². The van der Waals surface area contributed by atoms with E-state index in [-0.39, 0.29) is 29.7 Å². The van der Waals surface area contributed by atoms with Crippen molar-refractivity contribution >= 4 is 7.82 Å². The molecule has 0 aliphatic rings. The van der Waals surface area contributed by atoms with E-state index in [1.165, 1.54) is 103 Å². The summed E-state index contributed by atoms with van der Waals surface area (Å²) in [7, 11) is -4.10. The van der Waals surface area contributed by atoms with E-state index in [4.69, 9.17) is 9.05 Å². The molecule has 0 bridgehead atoms. The second-order valence-corrected chi connectivity index (χ2v) is 9.89. The summed E-state index contributed by atoms with van der Waals surface area (Å²) in [6.07, 6.45) is 24.5. The Labute approximate surface area is 198 Å². The van der Waals surface area contributed by atoms with E-state index in [9.17, 15) is 9.46 Å². The van der Waals surface area contributed by atoms with Crippen LogP contribution in [0.2, 0.25) is 0 Å². The number of hydrogen-bond donors (Lipinski definition) is 0.